The summed E-state index contributed by atoms with van der Waals surface area (Å²) in [6, 6.07) is 158. The quantitative estimate of drug-likeness (QED) is 0.143. The van der Waals surface area contributed by atoms with Crippen LogP contribution in [-0.2, 0) is 0 Å². The van der Waals surface area contributed by atoms with Gasteiger partial charge in [0.05, 0.1) is 55.3 Å². The van der Waals surface area contributed by atoms with Crippen molar-refractivity contribution >= 4 is 196 Å². The molecule has 0 radical (unpaired) electrons. The molecule has 35 rings (SSSR count). The molecule has 0 spiro atoms. The molecule has 0 saturated heterocycles. The van der Waals surface area contributed by atoms with Crippen LogP contribution in [0.15, 0.2) is 468 Å². The molecule has 14 nitrogen and oxygen atoms in total. The van der Waals surface area contributed by atoms with Gasteiger partial charge in [-0.25, -0.2) is 39.9 Å². The summed E-state index contributed by atoms with van der Waals surface area (Å²) in [4.78, 5) is 41.5. The topological polar surface area (TPSA) is 157 Å². The monoisotopic (exact) mass is 1910 g/mol. The first kappa shape index (κ1) is 82.0. The molecule has 0 aliphatic heterocycles. The first-order chi connectivity index (χ1) is 74.4. The van der Waals surface area contributed by atoms with Gasteiger partial charge in [-0.05, 0) is 166 Å². The molecule has 0 amide bonds. The summed E-state index contributed by atoms with van der Waals surface area (Å²) in [5.74, 6) is 4.02. The van der Waals surface area contributed by atoms with E-state index in [0.29, 0.717) is 23.4 Å². The van der Waals surface area contributed by atoms with Crippen LogP contribution in [0.2, 0.25) is 0 Å². The highest BCUT2D eigenvalue weighted by molar-refractivity contribution is 6.40. The minimum absolute atomic E-state index is 0.561. The number of hydrogen-bond donors (Lipinski definition) is 0. The molecule has 0 unspecified atom stereocenters. The van der Waals surface area contributed by atoms with Crippen LogP contribution in [0.3, 0.4) is 0 Å². The van der Waals surface area contributed by atoms with E-state index in [4.69, 9.17) is 53.1 Å². The standard InChI is InChI=1S/C52H29N5O.2C42H23N3O/c1-2-12-32(13-3-1)50-54-51(34-22-21-30-11-4-5-14-33(30)27-34)56-52(55-50)35-24-26-44(53-29-35)57-40-25-23-31-15-10-19-37-36-16-6-7-17-38(36)47-46-39-18-8-9-20-42(39)58-43(46)28-41(57)49(47)48(40)45(31)37;1-2-11-25(12-3-1)41-42(44-31-19-8-7-18-30(31)43-41)45-32-22-21-24-13-10-17-27-26-14-4-5-15-28(26)38-37-29-16-6-9-20-34(29)46-35(37)23-33(45)40(38)39(32)36(24)27;1-2-11-25(12-3-1)41-29-16-6-8-19-31(29)43-42(44-41)45-32-22-21-24-13-10-18-27-26-14-4-5-15-28(26)38-37-30-17-7-9-20-34(30)46-35(37)23-33(45)40(38)39(32)36(24)27/h1-29H;2*1-23H. The van der Waals surface area contributed by atoms with E-state index < -0.39 is 0 Å². The molecule has 0 bridgehead atoms. The molecule has 0 saturated carbocycles. The summed E-state index contributed by atoms with van der Waals surface area (Å²) in [5.41, 5.74) is 35.3. The van der Waals surface area contributed by atoms with Gasteiger partial charge in [0, 0.05) is 139 Å². The Morgan fingerprint density at radius 2 is 0.547 bits per heavy atom. The zero-order valence-corrected chi connectivity index (χ0v) is 79.9. The molecular formula is C136H75N11O3. The number of pyridine rings is 1. The number of rotatable bonds is 8. The predicted octanol–water partition coefficient (Wildman–Crippen LogP) is 35.4. The fraction of sp³-hybridized carbons (Fsp3) is 0. The lowest BCUT2D eigenvalue weighted by Crippen LogP contribution is -2.04. The maximum Gasteiger partial charge on any atom is 0.235 e. The molecule has 3 aliphatic rings. The van der Waals surface area contributed by atoms with Crippen LogP contribution < -0.4 is 0 Å². The SMILES string of the molecule is c1ccc(-c2nc(-c3ccc(-n4c5cc6oc7ccccc7c6c6c5c5c7c(cccc7ccc54)-c4ccccc4-6)nc3)nc(-c3ccc4ccccc4c3)n2)cc1.c1ccc(-c2nc(-n3c4cc5oc6ccccc6c5c5c4c4c6c(cccc6ccc43)-c3ccccc3-5)nc3ccccc23)cc1.c1ccc(-c2nc3ccccc3nc2-n2c3cc4oc5ccccc5c4c4c3c3c5c(cccc5ccc32)-c2ccccc2-4)cc1. The minimum Gasteiger partial charge on any atom is -0.456 e. The predicted molar refractivity (Wildman–Crippen MR) is 612 cm³/mol. The third-order valence-electron chi connectivity index (χ3n) is 31.2. The van der Waals surface area contributed by atoms with Crippen molar-refractivity contribution in [2.24, 2.45) is 0 Å². The molecule has 14 heteroatoms. The van der Waals surface area contributed by atoms with E-state index in [0.717, 1.165) is 177 Å². The highest BCUT2D eigenvalue weighted by atomic mass is 16.3. The highest BCUT2D eigenvalue weighted by Gasteiger charge is 2.36. The maximum absolute atomic E-state index is 6.67. The average Bonchev–Trinajstić information content (AvgIpc) is 1.53. The van der Waals surface area contributed by atoms with E-state index >= 15 is 0 Å². The molecule has 3 aliphatic carbocycles. The van der Waals surface area contributed by atoms with Crippen LogP contribution in [0.5, 0.6) is 0 Å². The van der Waals surface area contributed by atoms with Crippen LogP contribution in [0.1, 0.15) is 0 Å². The summed E-state index contributed by atoms with van der Waals surface area (Å²) >= 11 is 0. The van der Waals surface area contributed by atoms with Crippen LogP contribution in [0.4, 0.5) is 0 Å². The van der Waals surface area contributed by atoms with Crippen molar-refractivity contribution in [1.29, 1.82) is 0 Å². The van der Waals surface area contributed by atoms with Crippen molar-refractivity contribution in [1.82, 2.24) is 53.6 Å². The zero-order chi connectivity index (χ0) is 97.8. The fourth-order valence-electron chi connectivity index (χ4n) is 24.9. The lowest BCUT2D eigenvalue weighted by atomic mass is 9.91. The Hall–Kier alpha value is -20.5. The lowest BCUT2D eigenvalue weighted by molar-refractivity contribution is 0.669. The van der Waals surface area contributed by atoms with E-state index in [9.17, 15) is 0 Å². The summed E-state index contributed by atoms with van der Waals surface area (Å²) < 4.78 is 26.8. The number of benzene rings is 22. The highest BCUT2D eigenvalue weighted by Crippen LogP contribution is 2.59. The molecule has 0 atom stereocenters. The van der Waals surface area contributed by atoms with Crippen molar-refractivity contribution in [2.45, 2.75) is 0 Å². The number of hydrogen-bond acceptors (Lipinski definition) is 11. The molecule has 32 aromatic rings. The van der Waals surface area contributed by atoms with Crippen molar-refractivity contribution in [3.63, 3.8) is 0 Å². The summed E-state index contributed by atoms with van der Waals surface area (Å²) in [5, 5.41) is 24.8. The smallest absolute Gasteiger partial charge is 0.235 e. The second-order valence-corrected chi connectivity index (χ2v) is 39.2. The van der Waals surface area contributed by atoms with Gasteiger partial charge in [0.15, 0.2) is 23.3 Å². The van der Waals surface area contributed by atoms with Gasteiger partial charge in [0.2, 0.25) is 5.95 Å². The third-order valence-corrected chi connectivity index (χ3v) is 31.2. The molecule has 22 aromatic carbocycles. The van der Waals surface area contributed by atoms with Gasteiger partial charge in [-0.3, -0.25) is 13.7 Å². The molecule has 692 valence electrons. The molecule has 150 heavy (non-hydrogen) atoms. The van der Waals surface area contributed by atoms with E-state index in [2.05, 4.69) is 372 Å². The lowest BCUT2D eigenvalue weighted by Gasteiger charge is -2.16. The van der Waals surface area contributed by atoms with Gasteiger partial charge >= 0.3 is 0 Å². The number of aromatic nitrogens is 11. The summed E-state index contributed by atoms with van der Waals surface area (Å²) in [6.45, 7) is 0. The van der Waals surface area contributed by atoms with Gasteiger partial charge in [0.1, 0.15) is 45.0 Å². The van der Waals surface area contributed by atoms with Gasteiger partial charge in [-0.2, -0.15) is 0 Å². The van der Waals surface area contributed by atoms with Crippen LogP contribution >= 0.6 is 0 Å². The zero-order valence-electron chi connectivity index (χ0n) is 79.9. The largest absolute Gasteiger partial charge is 0.456 e. The normalized spacial score (nSPS) is 12.3. The van der Waals surface area contributed by atoms with Gasteiger partial charge in [-0.1, -0.05) is 358 Å². The van der Waals surface area contributed by atoms with E-state index in [1.807, 2.05) is 97.2 Å². The van der Waals surface area contributed by atoms with Crippen molar-refractivity contribution in [3.05, 3.63) is 455 Å². The minimum atomic E-state index is 0.561. The second-order valence-electron chi connectivity index (χ2n) is 39.2. The fourth-order valence-corrected chi connectivity index (χ4v) is 24.9. The van der Waals surface area contributed by atoms with E-state index in [-0.39, 0.29) is 0 Å². The van der Waals surface area contributed by atoms with Crippen molar-refractivity contribution in [2.75, 3.05) is 0 Å². The first-order valence-electron chi connectivity index (χ1n) is 50.7. The molecule has 10 aromatic heterocycles. The Balaban J connectivity index is 0.0000000984. The van der Waals surface area contributed by atoms with Crippen LogP contribution in [0.25, 0.3) is 337 Å². The van der Waals surface area contributed by atoms with Crippen LogP contribution in [0, 0.1) is 0 Å². The first-order valence-corrected chi connectivity index (χ1v) is 50.7. The van der Waals surface area contributed by atoms with Crippen LogP contribution in [-0.4, -0.2) is 53.6 Å². The van der Waals surface area contributed by atoms with Gasteiger partial charge in [0.25, 0.3) is 0 Å². The van der Waals surface area contributed by atoms with Crippen molar-refractivity contribution < 1.29 is 13.3 Å². The summed E-state index contributed by atoms with van der Waals surface area (Å²) in [7, 11) is 0. The Morgan fingerprint density at radius 3 is 1.05 bits per heavy atom. The van der Waals surface area contributed by atoms with E-state index in [1.165, 1.54) is 137 Å². The second kappa shape index (κ2) is 31.5. The number of fused-ring (bicyclic) bond motifs is 24. The molecule has 0 fully saturated rings. The Kier molecular flexibility index (Phi) is 17.2. The third kappa shape index (κ3) is 11.9. The number of nitrogens with zero attached hydrogens (tertiary/aromatic N) is 11. The number of furan rings is 3. The Labute approximate surface area is 853 Å². The average molecular weight is 1910 g/mol. The summed E-state index contributed by atoms with van der Waals surface area (Å²) in [6.07, 6.45) is 1.88. The van der Waals surface area contributed by atoms with Gasteiger partial charge < -0.3 is 13.3 Å². The molecular weight excluding hydrogens is 1840 g/mol. The molecule has 0 N–H and O–H groups in total. The maximum atomic E-state index is 6.67. The molecule has 10 heterocycles. The van der Waals surface area contributed by atoms with E-state index in [1.54, 1.807) is 0 Å². The number of para-hydroxylation sites is 6. The van der Waals surface area contributed by atoms with Gasteiger partial charge in [-0.15, -0.1) is 0 Å². The Morgan fingerprint density at radius 1 is 0.180 bits per heavy atom. The van der Waals surface area contributed by atoms with Crippen molar-refractivity contribution in [3.8, 4) is 141 Å². The Bertz CT molecular complexity index is 11500.